The van der Waals surface area contributed by atoms with Gasteiger partial charge in [0.15, 0.2) is 6.29 Å². The maximum Gasteiger partial charge on any atom is 0.162 e. The first-order chi connectivity index (χ1) is 6.74. The standard InChI is InChI=1S/C11H13BrO2/c1-8-7-13-11(14-8)6-9-2-4-10(12)5-3-9/h2-5,8,11H,6-7H2,1H3. The Morgan fingerprint density at radius 3 is 2.64 bits per heavy atom. The fourth-order valence-electron chi connectivity index (χ4n) is 1.50. The summed E-state index contributed by atoms with van der Waals surface area (Å²) in [5.74, 6) is 0. The fraction of sp³-hybridized carbons (Fsp3) is 0.455. The van der Waals surface area contributed by atoms with Gasteiger partial charge in [0.25, 0.3) is 0 Å². The maximum atomic E-state index is 5.56. The van der Waals surface area contributed by atoms with Crippen molar-refractivity contribution in [2.75, 3.05) is 6.61 Å². The molecule has 2 rings (SSSR count). The lowest BCUT2D eigenvalue weighted by molar-refractivity contribution is -0.0528. The van der Waals surface area contributed by atoms with Gasteiger partial charge in [0, 0.05) is 10.9 Å². The maximum absolute atomic E-state index is 5.56. The molecule has 14 heavy (non-hydrogen) atoms. The molecule has 0 saturated carbocycles. The van der Waals surface area contributed by atoms with E-state index in [2.05, 4.69) is 28.1 Å². The van der Waals surface area contributed by atoms with E-state index in [1.165, 1.54) is 5.56 Å². The zero-order chi connectivity index (χ0) is 9.97. The Morgan fingerprint density at radius 1 is 1.36 bits per heavy atom. The van der Waals surface area contributed by atoms with Gasteiger partial charge >= 0.3 is 0 Å². The summed E-state index contributed by atoms with van der Waals surface area (Å²) >= 11 is 3.41. The molecular formula is C11H13BrO2. The van der Waals surface area contributed by atoms with E-state index in [0.29, 0.717) is 6.61 Å². The van der Waals surface area contributed by atoms with Gasteiger partial charge in [0.2, 0.25) is 0 Å². The van der Waals surface area contributed by atoms with Crippen molar-refractivity contribution in [3.05, 3.63) is 34.3 Å². The summed E-state index contributed by atoms with van der Waals surface area (Å²) in [4.78, 5) is 0. The van der Waals surface area contributed by atoms with E-state index in [1.54, 1.807) is 0 Å². The molecule has 0 radical (unpaired) electrons. The quantitative estimate of drug-likeness (QED) is 0.811. The third-order valence-corrected chi connectivity index (χ3v) is 2.75. The molecule has 0 N–H and O–H groups in total. The molecule has 0 spiro atoms. The molecule has 0 aliphatic carbocycles. The molecule has 1 heterocycles. The molecule has 0 bridgehead atoms. The summed E-state index contributed by atoms with van der Waals surface area (Å²) in [5.41, 5.74) is 1.24. The predicted octanol–water partition coefficient (Wildman–Crippen LogP) is 2.75. The molecule has 1 aromatic carbocycles. The summed E-state index contributed by atoms with van der Waals surface area (Å²) in [6.07, 6.45) is 0.999. The normalized spacial score (nSPS) is 26.7. The van der Waals surface area contributed by atoms with Crippen LogP contribution in [0.1, 0.15) is 12.5 Å². The van der Waals surface area contributed by atoms with Crippen molar-refractivity contribution in [3.63, 3.8) is 0 Å². The van der Waals surface area contributed by atoms with E-state index >= 15 is 0 Å². The SMILES string of the molecule is CC1COC(Cc2ccc(Br)cc2)O1. The minimum absolute atomic E-state index is 0.0637. The molecule has 76 valence electrons. The monoisotopic (exact) mass is 256 g/mol. The van der Waals surface area contributed by atoms with Crippen molar-refractivity contribution in [1.29, 1.82) is 0 Å². The summed E-state index contributed by atoms with van der Waals surface area (Å²) in [5, 5.41) is 0. The molecule has 2 atom stereocenters. The van der Waals surface area contributed by atoms with Gasteiger partial charge in [0.05, 0.1) is 12.7 Å². The Kier molecular flexibility index (Phi) is 3.21. The van der Waals surface area contributed by atoms with Crippen LogP contribution in [0.15, 0.2) is 28.7 Å². The van der Waals surface area contributed by atoms with Crippen LogP contribution in [0.25, 0.3) is 0 Å². The Bertz CT molecular complexity index is 297. The zero-order valence-electron chi connectivity index (χ0n) is 8.07. The first-order valence-electron chi connectivity index (χ1n) is 4.75. The second kappa shape index (κ2) is 4.43. The zero-order valence-corrected chi connectivity index (χ0v) is 9.66. The molecule has 1 aliphatic rings. The van der Waals surface area contributed by atoms with Gasteiger partial charge in [-0.1, -0.05) is 28.1 Å². The lowest BCUT2D eigenvalue weighted by Crippen LogP contribution is -2.12. The van der Waals surface area contributed by atoms with Crippen molar-refractivity contribution >= 4 is 15.9 Å². The smallest absolute Gasteiger partial charge is 0.162 e. The van der Waals surface area contributed by atoms with Crippen LogP contribution in [0, 0.1) is 0 Å². The van der Waals surface area contributed by atoms with E-state index in [9.17, 15) is 0 Å². The summed E-state index contributed by atoms with van der Waals surface area (Å²) in [6.45, 7) is 2.74. The van der Waals surface area contributed by atoms with Crippen molar-refractivity contribution < 1.29 is 9.47 Å². The highest BCUT2D eigenvalue weighted by Crippen LogP contribution is 2.17. The van der Waals surface area contributed by atoms with E-state index in [1.807, 2.05) is 19.1 Å². The lowest BCUT2D eigenvalue weighted by Gasteiger charge is -2.09. The molecule has 1 fully saturated rings. The summed E-state index contributed by atoms with van der Waals surface area (Å²) < 4.78 is 12.1. The number of halogens is 1. The second-order valence-electron chi connectivity index (χ2n) is 3.54. The Labute approximate surface area is 92.3 Å². The van der Waals surface area contributed by atoms with Gasteiger partial charge in [-0.25, -0.2) is 0 Å². The van der Waals surface area contributed by atoms with Crippen molar-refractivity contribution in [2.24, 2.45) is 0 Å². The van der Waals surface area contributed by atoms with Crippen molar-refractivity contribution in [3.8, 4) is 0 Å². The fourth-order valence-corrected chi connectivity index (χ4v) is 1.76. The van der Waals surface area contributed by atoms with E-state index in [4.69, 9.17) is 9.47 Å². The number of rotatable bonds is 2. The van der Waals surface area contributed by atoms with Crippen LogP contribution in [0.5, 0.6) is 0 Å². The molecule has 1 aliphatic heterocycles. The van der Waals surface area contributed by atoms with Gasteiger partial charge in [-0.05, 0) is 24.6 Å². The minimum atomic E-state index is -0.0637. The van der Waals surface area contributed by atoms with Crippen LogP contribution < -0.4 is 0 Å². The highest BCUT2D eigenvalue weighted by Gasteiger charge is 2.22. The summed E-state index contributed by atoms with van der Waals surface area (Å²) in [7, 11) is 0. The van der Waals surface area contributed by atoms with Gasteiger partial charge in [-0.3, -0.25) is 0 Å². The van der Waals surface area contributed by atoms with Crippen LogP contribution >= 0.6 is 15.9 Å². The largest absolute Gasteiger partial charge is 0.350 e. The topological polar surface area (TPSA) is 18.5 Å². The van der Waals surface area contributed by atoms with Crippen LogP contribution in [0.3, 0.4) is 0 Å². The number of hydrogen-bond donors (Lipinski definition) is 0. The van der Waals surface area contributed by atoms with Gasteiger partial charge in [0.1, 0.15) is 0 Å². The number of benzene rings is 1. The molecule has 2 unspecified atom stereocenters. The minimum Gasteiger partial charge on any atom is -0.350 e. The first kappa shape index (κ1) is 10.1. The molecule has 3 heteroatoms. The summed E-state index contributed by atoms with van der Waals surface area (Å²) in [6, 6.07) is 8.24. The Morgan fingerprint density at radius 2 is 2.07 bits per heavy atom. The first-order valence-corrected chi connectivity index (χ1v) is 5.55. The third-order valence-electron chi connectivity index (χ3n) is 2.22. The highest BCUT2D eigenvalue weighted by molar-refractivity contribution is 9.10. The molecule has 2 nitrogen and oxygen atoms in total. The van der Waals surface area contributed by atoms with Crippen LogP contribution in [0.2, 0.25) is 0 Å². The van der Waals surface area contributed by atoms with Crippen molar-refractivity contribution in [2.45, 2.75) is 25.7 Å². The van der Waals surface area contributed by atoms with E-state index in [0.717, 1.165) is 10.9 Å². The van der Waals surface area contributed by atoms with Gasteiger partial charge in [-0.2, -0.15) is 0 Å². The molecular weight excluding hydrogens is 244 g/mol. The molecule has 0 aromatic heterocycles. The molecule has 1 aromatic rings. The van der Waals surface area contributed by atoms with Gasteiger partial charge < -0.3 is 9.47 Å². The number of ether oxygens (including phenoxy) is 2. The van der Waals surface area contributed by atoms with Crippen LogP contribution in [0.4, 0.5) is 0 Å². The third kappa shape index (κ3) is 2.56. The Hall–Kier alpha value is -0.380. The molecule has 0 amide bonds. The molecule has 1 saturated heterocycles. The second-order valence-corrected chi connectivity index (χ2v) is 4.46. The average Bonchev–Trinajstić information content (AvgIpc) is 2.56. The van der Waals surface area contributed by atoms with Gasteiger partial charge in [-0.15, -0.1) is 0 Å². The van der Waals surface area contributed by atoms with Crippen molar-refractivity contribution in [1.82, 2.24) is 0 Å². The average molecular weight is 257 g/mol. The van der Waals surface area contributed by atoms with Crippen LogP contribution in [-0.2, 0) is 15.9 Å². The number of hydrogen-bond acceptors (Lipinski definition) is 2. The van der Waals surface area contributed by atoms with Crippen LogP contribution in [-0.4, -0.2) is 19.0 Å². The Balaban J connectivity index is 1.94. The van der Waals surface area contributed by atoms with E-state index in [-0.39, 0.29) is 12.4 Å². The highest BCUT2D eigenvalue weighted by atomic mass is 79.9. The predicted molar refractivity (Wildman–Crippen MR) is 58.1 cm³/mol. The van der Waals surface area contributed by atoms with E-state index < -0.39 is 0 Å². The lowest BCUT2D eigenvalue weighted by atomic mass is 10.1.